The molecule has 0 spiro atoms. The quantitative estimate of drug-likeness (QED) is 0.329. The van der Waals surface area contributed by atoms with Crippen molar-refractivity contribution >= 4 is 33.9 Å². The minimum atomic E-state index is -4.36. The van der Waals surface area contributed by atoms with E-state index in [1.54, 1.807) is 24.3 Å². The minimum absolute atomic E-state index is 0.239. The molecule has 0 atom stereocenters. The van der Waals surface area contributed by atoms with Crippen molar-refractivity contribution in [1.82, 2.24) is 0 Å². The second kappa shape index (κ2) is 8.51. The van der Waals surface area contributed by atoms with Crippen LogP contribution < -0.4 is 0 Å². The predicted octanol–water partition coefficient (Wildman–Crippen LogP) is 7.87. The Kier molecular flexibility index (Phi) is 6.51. The molecule has 27 heavy (non-hydrogen) atoms. The van der Waals surface area contributed by atoms with E-state index in [4.69, 9.17) is 17.0 Å². The van der Waals surface area contributed by atoms with Crippen LogP contribution in [0.5, 0.6) is 0 Å². The van der Waals surface area contributed by atoms with Crippen LogP contribution in [0.3, 0.4) is 0 Å². The molecule has 0 unspecified atom stereocenters. The van der Waals surface area contributed by atoms with Crippen LogP contribution in [0.25, 0.3) is 28.0 Å². The van der Waals surface area contributed by atoms with Crippen LogP contribution in [0, 0.1) is 6.42 Å². The van der Waals surface area contributed by atoms with E-state index in [0.717, 1.165) is 27.8 Å². The van der Waals surface area contributed by atoms with Crippen LogP contribution in [-0.2, 0) is 27.0 Å². The molecule has 0 N–H and O–H groups in total. The van der Waals surface area contributed by atoms with Crippen molar-refractivity contribution in [3.05, 3.63) is 83.3 Å². The summed E-state index contributed by atoms with van der Waals surface area (Å²) in [7, 11) is 9.87. The Labute approximate surface area is 174 Å². The molecule has 0 fully saturated rings. The number of rotatable bonds is 1. The van der Waals surface area contributed by atoms with Gasteiger partial charge >= 0.3 is 44.1 Å². The molecular formula is C21H14Cl2F3Zr. The Balaban J connectivity index is 0.000000659. The number of alkyl halides is 3. The maximum atomic E-state index is 13.3. The van der Waals surface area contributed by atoms with Gasteiger partial charge in [-0.25, -0.2) is 0 Å². The summed E-state index contributed by atoms with van der Waals surface area (Å²) in [5, 5.41) is 0.862. The summed E-state index contributed by atoms with van der Waals surface area (Å²) in [5.41, 5.74) is 4.52. The first-order chi connectivity index (χ1) is 12.9. The van der Waals surface area contributed by atoms with Gasteiger partial charge in [-0.05, 0) is 46.0 Å². The fourth-order valence-corrected chi connectivity index (χ4v) is 3.40. The summed E-state index contributed by atoms with van der Waals surface area (Å²) >= 11 is -0.826. The molecule has 6 heteroatoms. The molecule has 0 nitrogen and oxygen atoms in total. The van der Waals surface area contributed by atoms with Crippen LogP contribution in [0.4, 0.5) is 13.2 Å². The topological polar surface area (TPSA) is 0 Å². The Morgan fingerprint density at radius 3 is 2.15 bits per heavy atom. The predicted molar refractivity (Wildman–Crippen MR) is 103 cm³/mol. The molecule has 0 saturated heterocycles. The molecule has 0 saturated carbocycles. The molecule has 0 bridgehead atoms. The van der Waals surface area contributed by atoms with Gasteiger partial charge in [0.25, 0.3) is 0 Å². The van der Waals surface area contributed by atoms with Gasteiger partial charge in [-0.2, -0.15) is 13.2 Å². The van der Waals surface area contributed by atoms with E-state index >= 15 is 0 Å². The second-order valence-corrected chi connectivity index (χ2v) is 9.85. The zero-order chi connectivity index (χ0) is 19.6. The van der Waals surface area contributed by atoms with Crippen LogP contribution in [0.2, 0.25) is 0 Å². The molecule has 3 aromatic rings. The third-order valence-corrected chi connectivity index (χ3v) is 4.41. The molecule has 0 aliphatic heterocycles. The van der Waals surface area contributed by atoms with Crippen LogP contribution in [-0.4, -0.2) is 0 Å². The van der Waals surface area contributed by atoms with E-state index in [-0.39, 0.29) is 5.39 Å². The number of fused-ring (bicyclic) bond motifs is 2. The average Bonchev–Trinajstić information content (AvgIpc) is 3.01. The Bertz CT molecular complexity index is 1010. The van der Waals surface area contributed by atoms with Crippen molar-refractivity contribution < 1.29 is 34.0 Å². The number of allylic oxidation sites excluding steroid dienone is 1. The summed E-state index contributed by atoms with van der Waals surface area (Å²) in [6.07, 6.45) is -0.191. The standard InChI is InChI=1S/C21H14F3.2ClH.Zr/c1-13-11-14-5-4-8-16(19(14)12-13)17-9-10-20(21(22,23)24)18-7-3-2-6-15(17)18;;;/h2-12H,1H3;2*1H;/q;;;+2/p-2. The third kappa shape index (κ3) is 4.34. The summed E-state index contributed by atoms with van der Waals surface area (Å²) in [6, 6.07) is 15.4. The summed E-state index contributed by atoms with van der Waals surface area (Å²) in [4.78, 5) is 0. The molecule has 1 radical (unpaired) electrons. The molecule has 0 amide bonds. The fraction of sp³-hybridized carbons (Fsp3) is 0.0952. The second-order valence-electron chi connectivity index (χ2n) is 6.12. The van der Waals surface area contributed by atoms with Gasteiger partial charge in [0, 0.05) is 6.42 Å². The van der Waals surface area contributed by atoms with Gasteiger partial charge in [-0.3, -0.25) is 0 Å². The zero-order valence-electron chi connectivity index (χ0n) is 14.2. The first kappa shape index (κ1) is 20.6. The van der Waals surface area contributed by atoms with E-state index in [1.807, 2.05) is 25.1 Å². The fourth-order valence-electron chi connectivity index (χ4n) is 3.40. The van der Waals surface area contributed by atoms with Gasteiger partial charge in [0.05, 0.1) is 5.56 Å². The Morgan fingerprint density at radius 1 is 0.815 bits per heavy atom. The summed E-state index contributed by atoms with van der Waals surface area (Å²) in [6.45, 7) is 2.02. The first-order valence-electron chi connectivity index (χ1n) is 8.08. The van der Waals surface area contributed by atoms with Gasteiger partial charge in [-0.15, -0.1) is 0 Å². The third-order valence-electron chi connectivity index (χ3n) is 4.41. The van der Waals surface area contributed by atoms with Crippen LogP contribution in [0.1, 0.15) is 23.6 Å². The van der Waals surface area contributed by atoms with E-state index in [2.05, 4.69) is 12.5 Å². The molecule has 0 aromatic heterocycles. The Morgan fingerprint density at radius 2 is 1.48 bits per heavy atom. The van der Waals surface area contributed by atoms with Crippen molar-refractivity contribution in [2.75, 3.05) is 0 Å². The van der Waals surface area contributed by atoms with Gasteiger partial charge in [0.15, 0.2) is 0 Å². The number of hydrogen-bond donors (Lipinski definition) is 0. The van der Waals surface area contributed by atoms with E-state index < -0.39 is 32.6 Å². The summed E-state index contributed by atoms with van der Waals surface area (Å²) < 4.78 is 39.9. The number of hydrogen-bond acceptors (Lipinski definition) is 0. The van der Waals surface area contributed by atoms with E-state index in [0.29, 0.717) is 5.39 Å². The number of benzene rings is 3. The van der Waals surface area contributed by atoms with Crippen LogP contribution in [0.15, 0.2) is 60.2 Å². The maximum absolute atomic E-state index is 13.3. The normalized spacial score (nSPS) is 12.9. The van der Waals surface area contributed by atoms with Gasteiger partial charge in [-0.1, -0.05) is 60.2 Å². The van der Waals surface area contributed by atoms with E-state index in [1.165, 1.54) is 12.1 Å². The molecular weight excluding hydrogens is 471 g/mol. The summed E-state index contributed by atoms with van der Waals surface area (Å²) in [5.74, 6) is 0. The Hall–Kier alpha value is -1.09. The molecule has 3 aromatic carbocycles. The van der Waals surface area contributed by atoms with Crippen molar-refractivity contribution in [2.45, 2.75) is 13.1 Å². The molecule has 0 heterocycles. The van der Waals surface area contributed by atoms with Crippen molar-refractivity contribution in [3.8, 4) is 11.1 Å². The van der Waals surface area contributed by atoms with Crippen molar-refractivity contribution in [1.29, 1.82) is 0 Å². The molecule has 137 valence electrons. The van der Waals surface area contributed by atoms with Gasteiger partial charge in [0.2, 0.25) is 0 Å². The van der Waals surface area contributed by atoms with E-state index in [9.17, 15) is 13.2 Å². The van der Waals surface area contributed by atoms with Gasteiger partial charge in [0.1, 0.15) is 0 Å². The molecule has 1 aliphatic rings. The zero-order valence-corrected chi connectivity index (χ0v) is 18.2. The molecule has 4 rings (SSSR count). The molecule has 1 aliphatic carbocycles. The first-order valence-corrected chi connectivity index (χ1v) is 14.4. The average molecular weight is 485 g/mol. The monoisotopic (exact) mass is 483 g/mol. The van der Waals surface area contributed by atoms with Crippen LogP contribution >= 0.6 is 17.0 Å². The number of halogens is 5. The van der Waals surface area contributed by atoms with Crippen molar-refractivity contribution in [2.24, 2.45) is 0 Å². The van der Waals surface area contributed by atoms with Gasteiger partial charge < -0.3 is 0 Å². The SMILES string of the molecule is CC1=Cc2c(cccc2-c2ccc(C(F)(F)F)c3ccccc23)[CH]1.[Cl][Zr][Cl]. The van der Waals surface area contributed by atoms with Crippen molar-refractivity contribution in [3.63, 3.8) is 0 Å².